The van der Waals surface area contributed by atoms with Gasteiger partial charge >= 0.3 is 0 Å². The lowest BCUT2D eigenvalue weighted by molar-refractivity contribution is -0.141. The normalized spacial score (nSPS) is 19.4. The van der Waals surface area contributed by atoms with Crippen molar-refractivity contribution in [2.45, 2.75) is 124 Å². The largest absolute Gasteiger partial charge is 0.347 e. The molecular weight excluding hydrogens is 995 g/mol. The zero-order valence-corrected chi connectivity index (χ0v) is 46.7. The van der Waals surface area contributed by atoms with E-state index in [2.05, 4.69) is 26.6 Å². The Hall–Kier alpha value is -6.82. The summed E-state index contributed by atoms with van der Waals surface area (Å²) in [6, 6.07) is 26.5. The summed E-state index contributed by atoms with van der Waals surface area (Å²) in [6.07, 6.45) is 1.49. The van der Waals surface area contributed by atoms with E-state index in [1.807, 2.05) is 139 Å². The molecule has 6 amide bonds. The molecule has 17 heteroatoms. The second-order valence-electron chi connectivity index (χ2n) is 22.4. The fourth-order valence-corrected chi connectivity index (χ4v) is 11.7. The number of hydrogen-bond donors (Lipinski definition) is 5. The summed E-state index contributed by atoms with van der Waals surface area (Å²) in [5.74, 6) is -1.82. The minimum absolute atomic E-state index is 0.178. The van der Waals surface area contributed by atoms with E-state index in [1.165, 1.54) is 22.7 Å². The topological polar surface area (TPSA) is 195 Å². The molecule has 2 aliphatic rings. The van der Waals surface area contributed by atoms with E-state index in [9.17, 15) is 28.8 Å². The molecule has 6 aromatic rings. The number of carbonyl (C=O) groups excluding carboxylic acids is 6. The molecule has 4 aromatic carbocycles. The highest BCUT2D eigenvalue weighted by Gasteiger charge is 2.46. The lowest BCUT2D eigenvalue weighted by Gasteiger charge is -2.36. The van der Waals surface area contributed by atoms with Crippen LogP contribution in [-0.4, -0.2) is 106 Å². The molecule has 2 fully saturated rings. The van der Waals surface area contributed by atoms with Crippen molar-refractivity contribution in [3.05, 3.63) is 129 Å². The SMILES string of the molecule is CC[C@@H](C)C(=O)N[C@H](C(=O)N1C[C@@H](NC(=O)c2ccc3cc(C(=O)N[C@H]4C[C@@H](c5nc(-c6ccccc6)cs5)N(C(=O)[C@@H](NC(=O)[C@H](C)NC)C(C)(C)C)C4)ccc3c2)C[C@H]1c1nc(-c2ccccc2)cs1)C(C)(C)C. The third-order valence-electron chi connectivity index (χ3n) is 14.6. The molecule has 4 heterocycles. The van der Waals surface area contributed by atoms with Crippen molar-refractivity contribution >= 4 is 68.9 Å². The zero-order valence-electron chi connectivity index (χ0n) is 45.1. The first-order valence-corrected chi connectivity index (χ1v) is 28.0. The maximum Gasteiger partial charge on any atom is 0.251 e. The summed E-state index contributed by atoms with van der Waals surface area (Å²) in [5.41, 5.74) is 3.13. The molecule has 0 saturated carbocycles. The first-order valence-electron chi connectivity index (χ1n) is 26.2. The quantitative estimate of drug-likeness (QED) is 0.0629. The van der Waals surface area contributed by atoms with Crippen LogP contribution in [0.5, 0.6) is 0 Å². The van der Waals surface area contributed by atoms with Gasteiger partial charge in [-0.1, -0.05) is 128 Å². The van der Waals surface area contributed by atoms with Crippen LogP contribution in [0.3, 0.4) is 0 Å². The van der Waals surface area contributed by atoms with Crippen LogP contribution in [0.1, 0.15) is 124 Å². The number of benzene rings is 4. The highest BCUT2D eigenvalue weighted by atomic mass is 32.1. The number of rotatable bonds is 16. The maximum atomic E-state index is 14.7. The molecule has 2 saturated heterocycles. The van der Waals surface area contributed by atoms with Crippen molar-refractivity contribution in [2.75, 3.05) is 20.1 Å². The Labute approximate surface area is 454 Å². The van der Waals surface area contributed by atoms with Gasteiger partial charge in [-0.25, -0.2) is 9.97 Å². The number of likely N-dealkylation sites (N-methyl/N-ethyl adjacent to an activating group) is 1. The van der Waals surface area contributed by atoms with Gasteiger partial charge in [-0.05, 0) is 79.1 Å². The first kappa shape index (κ1) is 55.4. The molecule has 8 rings (SSSR count). The van der Waals surface area contributed by atoms with Crippen LogP contribution in [0, 0.1) is 16.7 Å². The summed E-state index contributed by atoms with van der Waals surface area (Å²) in [6.45, 7) is 17.6. The summed E-state index contributed by atoms with van der Waals surface area (Å²) in [5, 5.41) is 22.4. The molecule has 0 radical (unpaired) electrons. The monoisotopic (exact) mass is 1070 g/mol. The minimum atomic E-state index is -0.846. The second kappa shape index (κ2) is 23.2. The highest BCUT2D eigenvalue weighted by Crippen LogP contribution is 2.40. The number of nitrogens with one attached hydrogen (secondary N) is 5. The van der Waals surface area contributed by atoms with Crippen molar-refractivity contribution in [3.8, 4) is 22.5 Å². The molecule has 400 valence electrons. The van der Waals surface area contributed by atoms with E-state index in [0.29, 0.717) is 30.4 Å². The summed E-state index contributed by atoms with van der Waals surface area (Å²) >= 11 is 2.94. The van der Waals surface area contributed by atoms with Crippen LogP contribution in [0.4, 0.5) is 0 Å². The van der Waals surface area contributed by atoms with Gasteiger partial charge in [-0.15, -0.1) is 22.7 Å². The van der Waals surface area contributed by atoms with Crippen molar-refractivity contribution in [2.24, 2.45) is 16.7 Å². The third kappa shape index (κ3) is 12.5. The molecule has 2 aromatic heterocycles. The van der Waals surface area contributed by atoms with Crippen LogP contribution in [0.15, 0.2) is 108 Å². The van der Waals surface area contributed by atoms with Crippen molar-refractivity contribution in [3.63, 3.8) is 0 Å². The van der Waals surface area contributed by atoms with Gasteiger partial charge in [0, 0.05) is 64.1 Å². The summed E-state index contributed by atoms with van der Waals surface area (Å²) < 4.78 is 0. The van der Waals surface area contributed by atoms with Crippen LogP contribution in [0.2, 0.25) is 0 Å². The number of fused-ring (bicyclic) bond motifs is 1. The molecule has 0 spiro atoms. The van der Waals surface area contributed by atoms with E-state index < -0.39 is 53.1 Å². The van der Waals surface area contributed by atoms with Crippen LogP contribution < -0.4 is 26.6 Å². The predicted octanol–water partition coefficient (Wildman–Crippen LogP) is 8.95. The fourth-order valence-electron chi connectivity index (χ4n) is 9.76. The number of hydrogen-bond acceptors (Lipinski definition) is 11. The summed E-state index contributed by atoms with van der Waals surface area (Å²) in [4.78, 5) is 97.7. The second-order valence-corrected chi connectivity index (χ2v) is 24.2. The molecule has 76 heavy (non-hydrogen) atoms. The number of nitrogens with zero attached hydrogens (tertiary/aromatic N) is 4. The van der Waals surface area contributed by atoms with Crippen molar-refractivity contribution in [1.82, 2.24) is 46.4 Å². The van der Waals surface area contributed by atoms with Gasteiger partial charge in [0.2, 0.25) is 23.6 Å². The zero-order chi connectivity index (χ0) is 54.6. The lowest BCUT2D eigenvalue weighted by Crippen LogP contribution is -2.57. The highest BCUT2D eigenvalue weighted by molar-refractivity contribution is 7.10. The predicted molar refractivity (Wildman–Crippen MR) is 300 cm³/mol. The first-order chi connectivity index (χ1) is 36.1. The average Bonchev–Trinajstić information content (AvgIpc) is 4.27. The van der Waals surface area contributed by atoms with E-state index >= 15 is 0 Å². The number of aromatic nitrogens is 2. The molecule has 15 nitrogen and oxygen atoms in total. The van der Waals surface area contributed by atoms with Gasteiger partial charge in [0.25, 0.3) is 11.8 Å². The van der Waals surface area contributed by atoms with E-state index in [1.54, 1.807) is 48.0 Å². The molecule has 8 atom stereocenters. The molecule has 0 unspecified atom stereocenters. The Morgan fingerprint density at radius 3 is 1.39 bits per heavy atom. The average molecular weight is 1070 g/mol. The Balaban J connectivity index is 0.986. The number of amides is 6. The van der Waals surface area contributed by atoms with E-state index in [-0.39, 0.29) is 54.5 Å². The van der Waals surface area contributed by atoms with Gasteiger partial charge in [0.1, 0.15) is 22.1 Å². The fraction of sp³-hybridized carbons (Fsp3) is 0.424. The third-order valence-corrected chi connectivity index (χ3v) is 16.5. The lowest BCUT2D eigenvalue weighted by atomic mass is 9.85. The Bertz CT molecular complexity index is 2870. The van der Waals surface area contributed by atoms with Crippen molar-refractivity contribution < 1.29 is 28.8 Å². The van der Waals surface area contributed by atoms with E-state index in [0.717, 1.165) is 43.3 Å². The van der Waals surface area contributed by atoms with Crippen LogP contribution in [0.25, 0.3) is 33.3 Å². The number of carbonyl (C=O) groups is 6. The van der Waals surface area contributed by atoms with Gasteiger partial charge in [-0.2, -0.15) is 0 Å². The van der Waals surface area contributed by atoms with Gasteiger partial charge in [-0.3, -0.25) is 28.8 Å². The van der Waals surface area contributed by atoms with Gasteiger partial charge < -0.3 is 36.4 Å². The molecular formula is C59H71N9O6S2. The molecule has 5 N–H and O–H groups in total. The van der Waals surface area contributed by atoms with Crippen LogP contribution >= 0.6 is 22.7 Å². The minimum Gasteiger partial charge on any atom is -0.347 e. The Morgan fingerprint density at radius 1 is 0.605 bits per heavy atom. The molecule has 2 aliphatic heterocycles. The van der Waals surface area contributed by atoms with Crippen molar-refractivity contribution in [1.29, 1.82) is 0 Å². The Morgan fingerprint density at radius 2 is 1.01 bits per heavy atom. The number of thiazole rings is 2. The standard InChI is InChI=1S/C59H71N9O6S2/c1-11-34(2)50(69)65-48(58(4,5)6)56(73)67-30-42(28-46(67)54-63-44(32-75-54)36-18-14-12-15-19-36)61-52(71)40-24-22-39-27-41(25-23-38(39)26-40)53(72)62-43-29-47(55-64-45(33-76-55)37-20-16-13-17-21-37)68(31-43)57(74)49(59(7,8)9)66-51(70)35(3)60-10/h12-27,32-35,42-43,46-49,60H,11,28-31H2,1-10H3,(H,61,71)(H,62,72)(H,65,69)(H,66,70)/t34-,35+,42+,43+,46+,47+,48-,49-/m1/s1. The smallest absolute Gasteiger partial charge is 0.251 e. The maximum absolute atomic E-state index is 14.7. The number of likely N-dealkylation sites (tertiary alicyclic amines) is 2. The summed E-state index contributed by atoms with van der Waals surface area (Å²) in [7, 11) is 1.70. The van der Waals surface area contributed by atoms with Gasteiger partial charge in [0.05, 0.1) is 29.5 Å². The van der Waals surface area contributed by atoms with E-state index in [4.69, 9.17) is 9.97 Å². The van der Waals surface area contributed by atoms with Crippen LogP contribution in [-0.2, 0) is 19.2 Å². The molecule has 0 aliphatic carbocycles. The molecule has 0 bridgehead atoms. The van der Waals surface area contributed by atoms with Gasteiger partial charge in [0.15, 0.2) is 0 Å². The Kier molecular flexibility index (Phi) is 16.9.